The quantitative estimate of drug-likeness (QED) is 0.287. The summed E-state index contributed by atoms with van der Waals surface area (Å²) in [6.07, 6.45) is 0. The zero-order chi connectivity index (χ0) is 24.8. The van der Waals surface area contributed by atoms with Crippen LogP contribution < -0.4 is 10.6 Å². The molecule has 4 rings (SSSR count). The molecule has 0 aliphatic rings. The number of hydrogen-bond donors (Lipinski definition) is 2. The monoisotopic (exact) mass is 526 g/mol. The maximum Gasteiger partial charge on any atom is 0.251 e. The summed E-state index contributed by atoms with van der Waals surface area (Å²) in [6.45, 7) is 4.41. The molecule has 1 unspecified atom stereocenters. The van der Waals surface area contributed by atoms with Crippen LogP contribution in [0, 0.1) is 0 Å². The Morgan fingerprint density at radius 3 is 2.57 bits per heavy atom. The molecule has 0 spiro atoms. The molecule has 1 atom stereocenters. The van der Waals surface area contributed by atoms with Crippen molar-refractivity contribution in [1.29, 1.82) is 0 Å². The van der Waals surface area contributed by atoms with Crippen molar-refractivity contribution in [3.8, 4) is 11.3 Å². The molecule has 2 aromatic heterocycles. The van der Waals surface area contributed by atoms with Crippen molar-refractivity contribution >= 4 is 51.6 Å². The lowest BCUT2D eigenvalue weighted by molar-refractivity contribution is -0.113. The first-order valence-corrected chi connectivity index (χ1v) is 13.1. The van der Waals surface area contributed by atoms with E-state index in [2.05, 4.69) is 25.8 Å². The predicted octanol–water partition coefficient (Wildman–Crippen LogP) is 5.30. The lowest BCUT2D eigenvalue weighted by atomic mass is 10.2. The number of rotatable bonds is 9. The normalized spacial score (nSPS) is 11.7. The first-order chi connectivity index (χ1) is 16.9. The van der Waals surface area contributed by atoms with Gasteiger partial charge in [0.05, 0.1) is 17.5 Å². The van der Waals surface area contributed by atoms with Crippen molar-refractivity contribution in [3.05, 3.63) is 76.4 Å². The third-order valence-electron chi connectivity index (χ3n) is 5.06. The summed E-state index contributed by atoms with van der Waals surface area (Å²) in [7, 11) is 0. The van der Waals surface area contributed by atoms with Crippen molar-refractivity contribution in [2.45, 2.75) is 31.6 Å². The molecule has 2 aromatic carbocycles. The van der Waals surface area contributed by atoms with Crippen molar-refractivity contribution in [2.24, 2.45) is 0 Å². The van der Waals surface area contributed by atoms with E-state index in [0.717, 1.165) is 11.3 Å². The van der Waals surface area contributed by atoms with Gasteiger partial charge in [0.2, 0.25) is 5.91 Å². The van der Waals surface area contributed by atoms with Crippen LogP contribution in [0.2, 0.25) is 5.02 Å². The molecule has 0 radical (unpaired) electrons. The molecule has 0 saturated carbocycles. The maximum absolute atomic E-state index is 12.6. The first kappa shape index (κ1) is 24.9. The second kappa shape index (κ2) is 11.5. The van der Waals surface area contributed by atoms with Gasteiger partial charge < -0.3 is 15.2 Å². The predicted molar refractivity (Wildman–Crippen MR) is 140 cm³/mol. The highest BCUT2D eigenvalue weighted by molar-refractivity contribution is 7.99. The third-order valence-corrected chi connectivity index (χ3v) is 7.03. The SMILES string of the molecule is CCn1c(SCC(=O)Nc2nc(-c3ccccc3)cs2)nnc1C(C)NC(=O)c1ccc(Cl)cc1. The topological polar surface area (TPSA) is 102 Å². The van der Waals surface area contributed by atoms with Crippen LogP contribution in [0.5, 0.6) is 0 Å². The van der Waals surface area contributed by atoms with Gasteiger partial charge in [-0.15, -0.1) is 21.5 Å². The van der Waals surface area contributed by atoms with Gasteiger partial charge in [0.15, 0.2) is 16.1 Å². The summed E-state index contributed by atoms with van der Waals surface area (Å²) in [6, 6.07) is 16.1. The van der Waals surface area contributed by atoms with Crippen molar-refractivity contribution in [1.82, 2.24) is 25.1 Å². The minimum absolute atomic E-state index is 0.157. The lowest BCUT2D eigenvalue weighted by Crippen LogP contribution is -2.28. The fourth-order valence-corrected chi connectivity index (χ4v) is 5.00. The largest absolute Gasteiger partial charge is 0.342 e. The van der Waals surface area contributed by atoms with E-state index in [1.807, 2.05) is 54.1 Å². The Bertz CT molecular complexity index is 1310. The van der Waals surface area contributed by atoms with Gasteiger partial charge >= 0.3 is 0 Å². The Morgan fingerprint density at radius 2 is 1.86 bits per heavy atom. The van der Waals surface area contributed by atoms with Crippen LogP contribution >= 0.6 is 34.7 Å². The van der Waals surface area contributed by atoms with Gasteiger partial charge in [-0.05, 0) is 38.1 Å². The zero-order valence-electron chi connectivity index (χ0n) is 19.1. The number of carbonyl (C=O) groups is 2. The number of nitrogens with one attached hydrogen (secondary N) is 2. The van der Waals surface area contributed by atoms with Gasteiger partial charge in [-0.2, -0.15) is 0 Å². The number of thiazole rings is 1. The van der Waals surface area contributed by atoms with Crippen LogP contribution in [-0.2, 0) is 11.3 Å². The average Bonchev–Trinajstić information content (AvgIpc) is 3.50. The van der Waals surface area contributed by atoms with E-state index in [9.17, 15) is 9.59 Å². The van der Waals surface area contributed by atoms with Gasteiger partial charge in [-0.25, -0.2) is 4.98 Å². The molecule has 4 aromatic rings. The molecule has 180 valence electrons. The number of carbonyl (C=O) groups excluding carboxylic acids is 2. The highest BCUT2D eigenvalue weighted by atomic mass is 35.5. The van der Waals surface area contributed by atoms with Crippen LogP contribution in [0.3, 0.4) is 0 Å². The standard InChI is InChI=1S/C24H23ClN6O2S2/c1-3-31-21(15(2)26-22(33)17-9-11-18(25)12-10-17)29-30-24(31)35-14-20(32)28-23-27-19(13-34-23)16-7-5-4-6-8-16/h4-13,15H,3,14H2,1-2H3,(H,26,33)(H,27,28,32). The molecule has 2 amide bonds. The lowest BCUT2D eigenvalue weighted by Gasteiger charge is -2.15. The second-order valence-corrected chi connectivity index (χ2v) is 9.76. The zero-order valence-corrected chi connectivity index (χ0v) is 21.5. The van der Waals surface area contributed by atoms with Crippen LogP contribution in [0.25, 0.3) is 11.3 Å². The number of hydrogen-bond acceptors (Lipinski definition) is 7. The number of nitrogens with zero attached hydrogens (tertiary/aromatic N) is 4. The Labute approximate surface area is 216 Å². The molecule has 0 bridgehead atoms. The maximum atomic E-state index is 12.6. The molecule has 2 N–H and O–H groups in total. The molecular weight excluding hydrogens is 504 g/mol. The van der Waals surface area contributed by atoms with E-state index in [0.29, 0.717) is 33.2 Å². The second-order valence-electron chi connectivity index (χ2n) is 7.53. The molecule has 0 fully saturated rings. The summed E-state index contributed by atoms with van der Waals surface area (Å²) in [5.74, 6) is 0.362. The minimum Gasteiger partial charge on any atom is -0.342 e. The first-order valence-electron chi connectivity index (χ1n) is 10.9. The number of anilines is 1. The van der Waals surface area contributed by atoms with E-state index >= 15 is 0 Å². The Hall–Kier alpha value is -3.21. The van der Waals surface area contributed by atoms with Crippen molar-refractivity contribution < 1.29 is 9.59 Å². The molecular formula is C24H23ClN6O2S2. The van der Waals surface area contributed by atoms with E-state index in [4.69, 9.17) is 11.6 Å². The summed E-state index contributed by atoms with van der Waals surface area (Å²) >= 11 is 8.56. The highest BCUT2D eigenvalue weighted by Gasteiger charge is 2.20. The van der Waals surface area contributed by atoms with Crippen molar-refractivity contribution in [3.63, 3.8) is 0 Å². The van der Waals surface area contributed by atoms with E-state index in [-0.39, 0.29) is 23.6 Å². The van der Waals surface area contributed by atoms with Gasteiger partial charge in [-0.1, -0.05) is 53.7 Å². The summed E-state index contributed by atoms with van der Waals surface area (Å²) in [5, 5.41) is 17.9. The minimum atomic E-state index is -0.375. The average molecular weight is 527 g/mol. The molecule has 11 heteroatoms. The Kier molecular flexibility index (Phi) is 8.17. The molecule has 0 aliphatic heterocycles. The molecule has 2 heterocycles. The van der Waals surface area contributed by atoms with Gasteiger partial charge in [0.1, 0.15) is 0 Å². The molecule has 0 aliphatic carbocycles. The smallest absolute Gasteiger partial charge is 0.251 e. The van der Waals surface area contributed by atoms with Crippen molar-refractivity contribution in [2.75, 3.05) is 11.1 Å². The summed E-state index contributed by atoms with van der Waals surface area (Å²) in [5.41, 5.74) is 2.33. The Morgan fingerprint density at radius 1 is 1.11 bits per heavy atom. The summed E-state index contributed by atoms with van der Waals surface area (Å²) < 4.78 is 1.89. The number of halogens is 1. The molecule has 8 nitrogen and oxygen atoms in total. The highest BCUT2D eigenvalue weighted by Crippen LogP contribution is 2.25. The molecule has 0 saturated heterocycles. The number of aromatic nitrogens is 4. The van der Waals surface area contributed by atoms with E-state index in [1.165, 1.54) is 23.1 Å². The number of amides is 2. The van der Waals surface area contributed by atoms with Gasteiger partial charge in [0, 0.05) is 28.1 Å². The number of benzene rings is 2. The van der Waals surface area contributed by atoms with Crippen LogP contribution in [0.15, 0.2) is 65.1 Å². The van der Waals surface area contributed by atoms with Gasteiger partial charge in [0.25, 0.3) is 5.91 Å². The number of thioether (sulfide) groups is 1. The Balaban J connectivity index is 1.35. The molecule has 35 heavy (non-hydrogen) atoms. The van der Waals surface area contributed by atoms with Gasteiger partial charge in [-0.3, -0.25) is 9.59 Å². The van der Waals surface area contributed by atoms with Crippen LogP contribution in [0.4, 0.5) is 5.13 Å². The van der Waals surface area contributed by atoms with Crippen LogP contribution in [-0.4, -0.2) is 37.3 Å². The van der Waals surface area contributed by atoms with E-state index < -0.39 is 0 Å². The fourth-order valence-electron chi connectivity index (χ4n) is 3.33. The van der Waals surface area contributed by atoms with E-state index in [1.54, 1.807) is 24.3 Å². The fraction of sp³-hybridized carbons (Fsp3) is 0.208. The summed E-state index contributed by atoms with van der Waals surface area (Å²) in [4.78, 5) is 29.6. The van der Waals surface area contributed by atoms with Crippen LogP contribution in [0.1, 0.15) is 36.1 Å². The third kappa shape index (κ3) is 6.27.